The van der Waals surface area contributed by atoms with Crippen LogP contribution in [-0.4, -0.2) is 55.1 Å². The van der Waals surface area contributed by atoms with Crippen molar-refractivity contribution in [2.45, 2.75) is 25.0 Å². The number of morpholine rings is 1. The third-order valence-electron chi connectivity index (χ3n) is 5.42. The highest BCUT2D eigenvalue weighted by Gasteiger charge is 2.57. The first-order valence-electron chi connectivity index (χ1n) is 9.13. The van der Waals surface area contributed by atoms with Crippen LogP contribution in [0, 0.1) is 11.8 Å². The summed E-state index contributed by atoms with van der Waals surface area (Å²) in [5.41, 5.74) is 0.119. The van der Waals surface area contributed by atoms with Crippen molar-refractivity contribution < 1.29 is 14.3 Å². The summed E-state index contributed by atoms with van der Waals surface area (Å²) >= 11 is 0. The number of amides is 2. The van der Waals surface area contributed by atoms with E-state index in [0.29, 0.717) is 45.2 Å². The summed E-state index contributed by atoms with van der Waals surface area (Å²) in [6, 6.07) is 10.1. The number of likely N-dealkylation sites (tertiary alicyclic amines) is 1. The number of nitrogens with one attached hydrogen (secondary N) is 2. The molecule has 2 atom stereocenters. The summed E-state index contributed by atoms with van der Waals surface area (Å²) in [6.45, 7) is 3.39. The Kier molecular flexibility index (Phi) is 4.48. The van der Waals surface area contributed by atoms with Gasteiger partial charge in [0.25, 0.3) is 5.91 Å². The van der Waals surface area contributed by atoms with Crippen molar-refractivity contribution in [3.05, 3.63) is 35.9 Å². The number of hydrogen-bond acceptors (Lipinski definition) is 4. The molecule has 2 saturated heterocycles. The summed E-state index contributed by atoms with van der Waals surface area (Å²) in [7, 11) is 0. The van der Waals surface area contributed by atoms with Gasteiger partial charge < -0.3 is 15.4 Å². The molecular formula is C19H25N3O3. The molecule has 4 rings (SSSR count). The maximum Gasteiger partial charge on any atom is 0.254 e. The second-order valence-corrected chi connectivity index (χ2v) is 7.39. The maximum absolute atomic E-state index is 12.8. The summed E-state index contributed by atoms with van der Waals surface area (Å²) in [4.78, 5) is 27.6. The SMILES string of the molecule is O=C(NCC1CC1)[C@H]1CN(Cc2ccccc2)C[C@@]12OCCNC2=O. The molecule has 2 amide bonds. The molecule has 1 aromatic rings. The van der Waals surface area contributed by atoms with E-state index < -0.39 is 11.5 Å². The number of hydrogen-bond donors (Lipinski definition) is 2. The van der Waals surface area contributed by atoms with E-state index in [0.717, 1.165) is 0 Å². The zero-order valence-electron chi connectivity index (χ0n) is 14.4. The van der Waals surface area contributed by atoms with Crippen molar-refractivity contribution in [3.63, 3.8) is 0 Å². The van der Waals surface area contributed by atoms with Gasteiger partial charge in [-0.1, -0.05) is 30.3 Å². The van der Waals surface area contributed by atoms with Gasteiger partial charge in [0.2, 0.25) is 5.91 Å². The average Bonchev–Trinajstić information content (AvgIpc) is 3.38. The molecule has 1 aliphatic carbocycles. The summed E-state index contributed by atoms with van der Waals surface area (Å²) < 4.78 is 5.95. The Hall–Kier alpha value is -1.92. The minimum Gasteiger partial charge on any atom is -0.361 e. The molecule has 2 aliphatic heterocycles. The lowest BCUT2D eigenvalue weighted by molar-refractivity contribution is -0.163. The molecule has 25 heavy (non-hydrogen) atoms. The third kappa shape index (κ3) is 3.41. The molecule has 1 spiro atoms. The van der Waals surface area contributed by atoms with Gasteiger partial charge in [-0.2, -0.15) is 0 Å². The summed E-state index contributed by atoms with van der Waals surface area (Å²) in [5, 5.41) is 5.93. The molecule has 0 bridgehead atoms. The quantitative estimate of drug-likeness (QED) is 0.818. The highest BCUT2D eigenvalue weighted by atomic mass is 16.5. The Labute approximate surface area is 147 Å². The second-order valence-electron chi connectivity index (χ2n) is 7.39. The van der Waals surface area contributed by atoms with Gasteiger partial charge in [-0.3, -0.25) is 14.5 Å². The van der Waals surface area contributed by atoms with Gasteiger partial charge >= 0.3 is 0 Å². The van der Waals surface area contributed by atoms with Gasteiger partial charge in [-0.25, -0.2) is 0 Å². The lowest BCUT2D eigenvalue weighted by Crippen LogP contribution is -2.62. The molecule has 3 aliphatic rings. The van der Waals surface area contributed by atoms with Crippen LogP contribution >= 0.6 is 0 Å². The van der Waals surface area contributed by atoms with Crippen LogP contribution in [0.5, 0.6) is 0 Å². The molecule has 6 heteroatoms. The first kappa shape index (κ1) is 16.5. The smallest absolute Gasteiger partial charge is 0.254 e. The zero-order valence-corrected chi connectivity index (χ0v) is 14.4. The monoisotopic (exact) mass is 343 g/mol. The van der Waals surface area contributed by atoms with Crippen molar-refractivity contribution in [2.75, 3.05) is 32.8 Å². The molecule has 6 nitrogen and oxygen atoms in total. The number of carbonyl (C=O) groups excluding carboxylic acids is 2. The molecule has 1 aromatic carbocycles. The van der Waals surface area contributed by atoms with E-state index in [2.05, 4.69) is 27.7 Å². The average molecular weight is 343 g/mol. The van der Waals surface area contributed by atoms with Crippen LogP contribution in [0.25, 0.3) is 0 Å². The van der Waals surface area contributed by atoms with E-state index in [-0.39, 0.29) is 11.8 Å². The van der Waals surface area contributed by atoms with Crippen molar-refractivity contribution in [2.24, 2.45) is 11.8 Å². The van der Waals surface area contributed by atoms with Gasteiger partial charge in [0.05, 0.1) is 12.5 Å². The molecular weight excluding hydrogens is 318 g/mol. The molecule has 1 saturated carbocycles. The fourth-order valence-corrected chi connectivity index (χ4v) is 3.85. The van der Waals surface area contributed by atoms with Crippen molar-refractivity contribution in [1.82, 2.24) is 15.5 Å². The van der Waals surface area contributed by atoms with Gasteiger partial charge in [-0.05, 0) is 24.3 Å². The number of ether oxygens (including phenoxy) is 1. The Morgan fingerprint density at radius 2 is 2.12 bits per heavy atom. The largest absolute Gasteiger partial charge is 0.361 e. The van der Waals surface area contributed by atoms with Gasteiger partial charge in [0, 0.05) is 32.7 Å². The van der Waals surface area contributed by atoms with Gasteiger partial charge in [0.15, 0.2) is 5.60 Å². The number of nitrogens with zero attached hydrogens (tertiary/aromatic N) is 1. The number of carbonyl (C=O) groups is 2. The van der Waals surface area contributed by atoms with Crippen molar-refractivity contribution in [1.29, 1.82) is 0 Å². The Balaban J connectivity index is 1.51. The van der Waals surface area contributed by atoms with Crippen molar-refractivity contribution in [3.8, 4) is 0 Å². The number of benzene rings is 1. The van der Waals surface area contributed by atoms with Crippen LogP contribution in [0.4, 0.5) is 0 Å². The van der Waals surface area contributed by atoms with Crippen LogP contribution in [-0.2, 0) is 20.9 Å². The Morgan fingerprint density at radius 3 is 2.84 bits per heavy atom. The first-order valence-corrected chi connectivity index (χ1v) is 9.13. The zero-order chi connectivity index (χ0) is 17.3. The van der Waals surface area contributed by atoms with Crippen LogP contribution in [0.3, 0.4) is 0 Å². The normalized spacial score (nSPS) is 29.6. The van der Waals surface area contributed by atoms with Gasteiger partial charge in [0.1, 0.15) is 0 Å². The maximum atomic E-state index is 12.8. The first-order chi connectivity index (χ1) is 12.2. The van der Waals surface area contributed by atoms with E-state index in [1.807, 2.05) is 18.2 Å². The van der Waals surface area contributed by atoms with E-state index in [9.17, 15) is 9.59 Å². The van der Waals surface area contributed by atoms with E-state index in [4.69, 9.17) is 4.74 Å². The predicted molar refractivity (Wildman–Crippen MR) is 92.6 cm³/mol. The molecule has 3 fully saturated rings. The summed E-state index contributed by atoms with van der Waals surface area (Å²) in [5.74, 6) is -0.0570. The van der Waals surface area contributed by atoms with Crippen LogP contribution in [0.15, 0.2) is 30.3 Å². The van der Waals surface area contributed by atoms with E-state index >= 15 is 0 Å². The molecule has 0 radical (unpaired) electrons. The highest BCUT2D eigenvalue weighted by molar-refractivity contribution is 5.94. The second kappa shape index (κ2) is 6.77. The van der Waals surface area contributed by atoms with Crippen LogP contribution < -0.4 is 10.6 Å². The fraction of sp³-hybridized carbons (Fsp3) is 0.579. The molecule has 2 N–H and O–H groups in total. The fourth-order valence-electron chi connectivity index (χ4n) is 3.85. The third-order valence-corrected chi connectivity index (χ3v) is 5.42. The summed E-state index contributed by atoms with van der Waals surface area (Å²) in [6.07, 6.45) is 2.38. The van der Waals surface area contributed by atoms with E-state index in [1.165, 1.54) is 18.4 Å². The standard InChI is InChI=1S/C19H25N3O3/c23-17(21-10-14-6-7-14)16-12-22(11-15-4-2-1-3-5-15)13-19(16)18(24)20-8-9-25-19/h1-5,14,16H,6-13H2,(H,20,24)(H,21,23)/t16-,19-/m1/s1. The Bertz CT molecular complexity index is 647. The highest BCUT2D eigenvalue weighted by Crippen LogP contribution is 2.35. The molecule has 134 valence electrons. The predicted octanol–water partition coefficient (Wildman–Crippen LogP) is 0.530. The van der Waals surface area contributed by atoms with Crippen molar-refractivity contribution >= 4 is 11.8 Å². The lowest BCUT2D eigenvalue weighted by Gasteiger charge is -2.36. The lowest BCUT2D eigenvalue weighted by atomic mass is 9.87. The molecule has 0 unspecified atom stereocenters. The Morgan fingerprint density at radius 1 is 1.32 bits per heavy atom. The van der Waals surface area contributed by atoms with E-state index in [1.54, 1.807) is 0 Å². The minimum atomic E-state index is -1.05. The minimum absolute atomic E-state index is 0.0560. The van der Waals surface area contributed by atoms with Crippen LogP contribution in [0.2, 0.25) is 0 Å². The topological polar surface area (TPSA) is 70.7 Å². The molecule has 2 heterocycles. The van der Waals surface area contributed by atoms with Gasteiger partial charge in [-0.15, -0.1) is 0 Å². The number of rotatable bonds is 5. The molecule has 0 aromatic heterocycles. The van der Waals surface area contributed by atoms with Crippen LogP contribution in [0.1, 0.15) is 18.4 Å².